The molecule has 1 heterocycles. The quantitative estimate of drug-likeness (QED) is 0.0626. The molecule has 4 aromatic carbocycles. The van der Waals surface area contributed by atoms with Crippen LogP contribution in [0.25, 0.3) is 22.5 Å². The molecule has 14 nitrogen and oxygen atoms in total. The number of nitrogens with two attached hydrogens (primary N) is 1. The molecule has 4 N–H and O–H groups in total. The maximum Gasteiger partial charge on any atom is 0.417 e. The predicted octanol–water partition coefficient (Wildman–Crippen LogP) is 6.19. The van der Waals surface area contributed by atoms with Crippen molar-refractivity contribution in [3.8, 4) is 34.0 Å². The van der Waals surface area contributed by atoms with Crippen LogP contribution in [0, 0.1) is 0 Å². The van der Waals surface area contributed by atoms with Gasteiger partial charge in [0.2, 0.25) is 15.8 Å². The van der Waals surface area contributed by atoms with Crippen LogP contribution in [0.2, 0.25) is 0 Å². The zero-order valence-electron chi connectivity index (χ0n) is 31.9. The fraction of sp³-hybridized carbons (Fsp3) is 0.308. The molecule has 0 atom stereocenters. The van der Waals surface area contributed by atoms with Gasteiger partial charge in [-0.15, -0.1) is 10.2 Å². The summed E-state index contributed by atoms with van der Waals surface area (Å²) in [6.07, 6.45) is -5.16. The van der Waals surface area contributed by atoms with Crippen LogP contribution in [0.1, 0.15) is 49.4 Å². The van der Waals surface area contributed by atoms with E-state index in [0.29, 0.717) is 41.2 Å². The number of aromatic nitrogens is 4. The second-order valence-corrected chi connectivity index (χ2v) is 15.4. The lowest BCUT2D eigenvalue weighted by atomic mass is 9.95. The van der Waals surface area contributed by atoms with E-state index in [2.05, 4.69) is 30.4 Å². The highest BCUT2D eigenvalue weighted by Gasteiger charge is 2.41. The molecule has 0 bridgehead atoms. The topological polar surface area (TPSA) is 185 Å². The van der Waals surface area contributed by atoms with Crippen LogP contribution >= 0.6 is 0 Å². The van der Waals surface area contributed by atoms with Gasteiger partial charge in [0.05, 0.1) is 31.9 Å². The van der Waals surface area contributed by atoms with Gasteiger partial charge in [-0.3, -0.25) is 4.99 Å². The van der Waals surface area contributed by atoms with Crippen LogP contribution in [0.4, 0.5) is 18.0 Å². The van der Waals surface area contributed by atoms with Gasteiger partial charge < -0.3 is 25.3 Å². The average Bonchev–Trinajstić information content (AvgIpc) is 3.64. The number of aliphatic imine (C=N–C) groups is 1. The van der Waals surface area contributed by atoms with Crippen molar-refractivity contribution in [3.63, 3.8) is 0 Å². The molecule has 0 aliphatic rings. The summed E-state index contributed by atoms with van der Waals surface area (Å²) in [7, 11) is -1.91. The number of methoxy groups -OCH3 is 2. The normalized spacial score (nSPS) is 12.3. The first kappa shape index (κ1) is 42.1. The minimum Gasteiger partial charge on any atom is -0.497 e. The van der Waals surface area contributed by atoms with E-state index in [4.69, 9.17) is 19.9 Å². The first-order chi connectivity index (χ1) is 27.0. The minimum atomic E-state index is -5.09. The summed E-state index contributed by atoms with van der Waals surface area (Å²) >= 11 is 0. The van der Waals surface area contributed by atoms with Crippen LogP contribution < -0.4 is 25.2 Å². The zero-order valence-corrected chi connectivity index (χ0v) is 32.7. The number of benzene rings is 4. The summed E-state index contributed by atoms with van der Waals surface area (Å²) in [5.41, 5.74) is 5.94. The van der Waals surface area contributed by atoms with E-state index < -0.39 is 43.9 Å². The number of nitrogens with zero attached hydrogens (tertiary/aromatic N) is 5. The molecule has 0 spiro atoms. The Bertz CT molecular complexity index is 2290. The van der Waals surface area contributed by atoms with Crippen LogP contribution in [0.15, 0.2) is 94.8 Å². The molecule has 1 amide bonds. The van der Waals surface area contributed by atoms with Crippen molar-refractivity contribution < 1.29 is 40.6 Å². The number of halogens is 3. The van der Waals surface area contributed by atoms with Gasteiger partial charge >= 0.3 is 12.3 Å². The van der Waals surface area contributed by atoms with Gasteiger partial charge in [0, 0.05) is 25.2 Å². The molecule has 0 fully saturated rings. The minimum absolute atomic E-state index is 0.0769. The van der Waals surface area contributed by atoms with Gasteiger partial charge in [-0.25, -0.2) is 17.9 Å². The molecule has 1 aromatic heterocycles. The molecule has 0 unspecified atom stereocenters. The monoisotopic (exact) mass is 808 g/mol. The molecule has 0 saturated heterocycles. The van der Waals surface area contributed by atoms with Crippen molar-refractivity contribution in [2.45, 2.75) is 57.0 Å². The number of carbonyl (C=O) groups excluding carboxylic acids is 1. The smallest absolute Gasteiger partial charge is 0.417 e. The molecular weight excluding hydrogens is 766 g/mol. The van der Waals surface area contributed by atoms with Crippen LogP contribution in [0.3, 0.4) is 0 Å². The maximum atomic E-state index is 14.8. The number of rotatable bonds is 15. The van der Waals surface area contributed by atoms with E-state index in [1.54, 1.807) is 93.6 Å². The Morgan fingerprint density at radius 1 is 0.877 bits per heavy atom. The summed E-state index contributed by atoms with van der Waals surface area (Å²) < 4.78 is 90.5. The van der Waals surface area contributed by atoms with Crippen molar-refractivity contribution in [2.24, 2.45) is 10.7 Å². The van der Waals surface area contributed by atoms with Crippen molar-refractivity contribution in [1.29, 1.82) is 0 Å². The molecule has 0 aliphatic carbocycles. The average molecular weight is 809 g/mol. The molecule has 0 aliphatic heterocycles. The lowest BCUT2D eigenvalue weighted by Crippen LogP contribution is -2.33. The van der Waals surface area contributed by atoms with Crippen molar-refractivity contribution in [1.82, 2.24) is 30.2 Å². The molecular formula is C39H43F3N8O6S. The SMILES string of the molecule is COc1ccc(CNS(=O)(=O)c2c(C(F)(F)F)ccc(-c3ccc(C(N)=NCCCNC(=O)OC(C)(C)C)cc3)c2-c2nnn(Cc3ccc(OC)cc3)n2)cc1. The fourth-order valence-electron chi connectivity index (χ4n) is 5.54. The number of amides is 1. The Labute approximate surface area is 328 Å². The van der Waals surface area contributed by atoms with Gasteiger partial charge in [0.15, 0.2) is 0 Å². The number of hydrogen-bond acceptors (Lipinski definition) is 10. The van der Waals surface area contributed by atoms with Gasteiger partial charge in [-0.2, -0.15) is 18.0 Å². The Kier molecular flexibility index (Phi) is 13.2. The van der Waals surface area contributed by atoms with E-state index in [1.165, 1.54) is 20.3 Å². The number of tetrazole rings is 1. The van der Waals surface area contributed by atoms with Crippen molar-refractivity contribution in [3.05, 3.63) is 107 Å². The third kappa shape index (κ3) is 11.3. The number of alkyl halides is 3. The molecule has 5 rings (SSSR count). The van der Waals surface area contributed by atoms with Crippen LogP contribution in [-0.2, 0) is 34.0 Å². The largest absolute Gasteiger partial charge is 0.497 e. The number of amidine groups is 1. The van der Waals surface area contributed by atoms with Crippen molar-refractivity contribution >= 4 is 22.0 Å². The second kappa shape index (κ2) is 17.8. The summed E-state index contributed by atoms with van der Waals surface area (Å²) in [5, 5.41) is 15.2. The third-order valence-corrected chi connectivity index (χ3v) is 9.78. The molecule has 0 radical (unpaired) electrons. The Morgan fingerprint density at radius 3 is 2.07 bits per heavy atom. The van der Waals surface area contributed by atoms with Gasteiger partial charge in [0.25, 0.3) is 0 Å². The standard InChI is InChI=1S/C39H43F3N8O6S/c1-38(2,3)56-37(51)45-22-6-21-44-35(43)28-13-11-27(12-14-28)31-19-20-32(39(40,41)42)34(57(52,53)46-23-25-7-15-29(54-4)16-8-25)33(31)36-47-49-50(48-36)24-26-9-17-30(55-5)18-10-26/h7-20,46H,6,21-24H2,1-5H3,(H2,43,44)(H,45,51). The lowest BCUT2D eigenvalue weighted by Gasteiger charge is -2.20. The highest BCUT2D eigenvalue weighted by Crippen LogP contribution is 2.43. The van der Waals surface area contributed by atoms with Crippen molar-refractivity contribution in [2.75, 3.05) is 27.3 Å². The number of hydrogen-bond donors (Lipinski definition) is 3. The number of ether oxygens (including phenoxy) is 3. The molecule has 5 aromatic rings. The molecule has 18 heteroatoms. The molecule has 0 saturated carbocycles. The van der Waals surface area contributed by atoms with Gasteiger partial charge in [-0.1, -0.05) is 54.6 Å². The first-order valence-corrected chi connectivity index (χ1v) is 19.1. The number of nitrogens with one attached hydrogen (secondary N) is 2. The summed E-state index contributed by atoms with van der Waals surface area (Å²) in [5.74, 6) is 0.967. The predicted molar refractivity (Wildman–Crippen MR) is 207 cm³/mol. The van der Waals surface area contributed by atoms with Crippen LogP contribution in [-0.4, -0.2) is 73.5 Å². The number of alkyl carbamates (subject to hydrolysis) is 1. The third-order valence-electron chi connectivity index (χ3n) is 8.29. The maximum absolute atomic E-state index is 14.8. The Morgan fingerprint density at radius 2 is 1.49 bits per heavy atom. The lowest BCUT2D eigenvalue weighted by molar-refractivity contribution is -0.139. The molecule has 302 valence electrons. The molecule has 57 heavy (non-hydrogen) atoms. The van der Waals surface area contributed by atoms with E-state index in [-0.39, 0.29) is 36.9 Å². The summed E-state index contributed by atoms with van der Waals surface area (Å²) in [6, 6.07) is 21.6. The number of sulfonamides is 1. The van der Waals surface area contributed by atoms with E-state index in [9.17, 15) is 26.4 Å². The van der Waals surface area contributed by atoms with Gasteiger partial charge in [0.1, 0.15) is 27.8 Å². The number of carbonyl (C=O) groups is 1. The van der Waals surface area contributed by atoms with E-state index in [1.807, 2.05) is 0 Å². The summed E-state index contributed by atoms with van der Waals surface area (Å²) in [4.78, 5) is 16.3. The van der Waals surface area contributed by atoms with E-state index in [0.717, 1.165) is 16.4 Å². The highest BCUT2D eigenvalue weighted by molar-refractivity contribution is 7.89. The Balaban J connectivity index is 1.51. The Hall–Kier alpha value is -6.01. The summed E-state index contributed by atoms with van der Waals surface area (Å²) in [6.45, 7) is 5.63. The van der Waals surface area contributed by atoms with Crippen LogP contribution in [0.5, 0.6) is 11.5 Å². The highest BCUT2D eigenvalue weighted by atomic mass is 32.2. The zero-order chi connectivity index (χ0) is 41.4. The van der Waals surface area contributed by atoms with E-state index >= 15 is 0 Å². The van der Waals surface area contributed by atoms with Gasteiger partial charge in [-0.05, 0) is 85.0 Å². The fourth-order valence-corrected chi connectivity index (χ4v) is 6.99. The second-order valence-electron chi connectivity index (χ2n) is 13.7. The first-order valence-electron chi connectivity index (χ1n) is 17.6.